The molecule has 2 heterocycles. The highest BCUT2D eigenvalue weighted by Crippen LogP contribution is 2.35. The first-order chi connectivity index (χ1) is 6.43. The van der Waals surface area contributed by atoms with Crippen molar-refractivity contribution in [1.29, 1.82) is 0 Å². The van der Waals surface area contributed by atoms with Crippen LogP contribution in [0.2, 0.25) is 0 Å². The first-order valence-electron chi connectivity index (χ1n) is 4.86. The number of fused-ring (bicyclic) bond motifs is 1. The zero-order chi connectivity index (χ0) is 8.67. The SMILES string of the molecule is c1cc2c(s1)OCC(C1CC1)NC2. The van der Waals surface area contributed by atoms with Gasteiger partial charge in [-0.05, 0) is 30.2 Å². The van der Waals surface area contributed by atoms with Gasteiger partial charge in [0.25, 0.3) is 0 Å². The van der Waals surface area contributed by atoms with Gasteiger partial charge >= 0.3 is 0 Å². The van der Waals surface area contributed by atoms with Crippen molar-refractivity contribution >= 4 is 11.3 Å². The van der Waals surface area contributed by atoms with E-state index in [4.69, 9.17) is 4.74 Å². The van der Waals surface area contributed by atoms with Gasteiger partial charge in [-0.25, -0.2) is 0 Å². The Morgan fingerprint density at radius 1 is 1.46 bits per heavy atom. The van der Waals surface area contributed by atoms with Gasteiger partial charge < -0.3 is 10.1 Å². The molecule has 0 bridgehead atoms. The number of nitrogens with one attached hydrogen (secondary N) is 1. The molecule has 1 aliphatic heterocycles. The molecule has 2 nitrogen and oxygen atoms in total. The molecule has 1 saturated carbocycles. The van der Waals surface area contributed by atoms with Gasteiger partial charge in [0, 0.05) is 18.2 Å². The van der Waals surface area contributed by atoms with Crippen LogP contribution in [0.15, 0.2) is 11.4 Å². The second-order valence-corrected chi connectivity index (χ2v) is 4.75. The lowest BCUT2D eigenvalue weighted by molar-refractivity contribution is 0.268. The topological polar surface area (TPSA) is 21.3 Å². The summed E-state index contributed by atoms with van der Waals surface area (Å²) in [6.45, 7) is 1.85. The summed E-state index contributed by atoms with van der Waals surface area (Å²) in [6.07, 6.45) is 2.77. The zero-order valence-electron chi connectivity index (χ0n) is 7.45. The average Bonchev–Trinajstić information content (AvgIpc) is 2.90. The minimum atomic E-state index is 0.597. The molecule has 0 amide bonds. The fraction of sp³-hybridized carbons (Fsp3) is 0.600. The number of ether oxygens (including phenoxy) is 1. The highest BCUT2D eigenvalue weighted by atomic mass is 32.1. The molecule has 1 unspecified atom stereocenters. The van der Waals surface area contributed by atoms with E-state index < -0.39 is 0 Å². The maximum absolute atomic E-state index is 5.76. The molecule has 70 valence electrons. The summed E-state index contributed by atoms with van der Waals surface area (Å²) in [5.74, 6) is 0.883. The van der Waals surface area contributed by atoms with E-state index in [0.717, 1.165) is 24.1 Å². The smallest absolute Gasteiger partial charge is 0.178 e. The monoisotopic (exact) mass is 195 g/mol. The molecular formula is C10H13NOS. The zero-order valence-corrected chi connectivity index (χ0v) is 8.27. The van der Waals surface area contributed by atoms with E-state index in [1.54, 1.807) is 11.3 Å². The molecule has 0 aromatic carbocycles. The van der Waals surface area contributed by atoms with Crippen molar-refractivity contribution in [2.75, 3.05) is 6.61 Å². The van der Waals surface area contributed by atoms with Crippen LogP contribution in [0.5, 0.6) is 5.06 Å². The number of hydrogen-bond acceptors (Lipinski definition) is 3. The van der Waals surface area contributed by atoms with E-state index in [0.29, 0.717) is 6.04 Å². The summed E-state index contributed by atoms with van der Waals surface area (Å²) in [7, 11) is 0. The van der Waals surface area contributed by atoms with Crippen LogP contribution in [0, 0.1) is 5.92 Å². The Kier molecular flexibility index (Phi) is 1.80. The van der Waals surface area contributed by atoms with E-state index in [-0.39, 0.29) is 0 Å². The van der Waals surface area contributed by atoms with Crippen LogP contribution in [0.4, 0.5) is 0 Å². The molecule has 3 rings (SSSR count). The maximum atomic E-state index is 5.76. The Morgan fingerprint density at radius 2 is 2.38 bits per heavy atom. The maximum Gasteiger partial charge on any atom is 0.178 e. The van der Waals surface area contributed by atoms with Crippen molar-refractivity contribution in [3.63, 3.8) is 0 Å². The third kappa shape index (κ3) is 1.46. The molecule has 1 fully saturated rings. The largest absolute Gasteiger partial charge is 0.482 e. The molecule has 1 aromatic heterocycles. The molecule has 1 aliphatic carbocycles. The van der Waals surface area contributed by atoms with Crippen molar-refractivity contribution in [3.05, 3.63) is 17.0 Å². The number of rotatable bonds is 1. The fourth-order valence-electron chi connectivity index (χ4n) is 1.85. The van der Waals surface area contributed by atoms with Crippen molar-refractivity contribution in [2.45, 2.75) is 25.4 Å². The summed E-state index contributed by atoms with van der Waals surface area (Å²) in [5, 5.41) is 6.79. The van der Waals surface area contributed by atoms with E-state index in [1.807, 2.05) is 0 Å². The molecule has 1 atom stereocenters. The molecule has 0 saturated heterocycles. The second kappa shape index (κ2) is 3.00. The van der Waals surface area contributed by atoms with Gasteiger partial charge in [-0.2, -0.15) is 0 Å². The molecule has 1 N–H and O–H groups in total. The average molecular weight is 195 g/mol. The molecule has 3 heteroatoms. The van der Waals surface area contributed by atoms with Crippen LogP contribution in [-0.2, 0) is 6.54 Å². The van der Waals surface area contributed by atoms with Gasteiger partial charge in [-0.3, -0.25) is 0 Å². The van der Waals surface area contributed by atoms with Gasteiger partial charge in [0.1, 0.15) is 6.61 Å². The van der Waals surface area contributed by atoms with Crippen molar-refractivity contribution < 1.29 is 4.74 Å². The number of thiophene rings is 1. The summed E-state index contributed by atoms with van der Waals surface area (Å²) in [6, 6.07) is 2.75. The van der Waals surface area contributed by atoms with Gasteiger partial charge in [0.05, 0.1) is 0 Å². The third-order valence-corrected chi connectivity index (χ3v) is 3.71. The molecule has 0 radical (unpaired) electrons. The minimum Gasteiger partial charge on any atom is -0.482 e. The Morgan fingerprint density at radius 3 is 3.23 bits per heavy atom. The highest BCUT2D eigenvalue weighted by molar-refractivity contribution is 7.12. The normalized spacial score (nSPS) is 27.5. The molecule has 0 spiro atoms. The van der Waals surface area contributed by atoms with Crippen LogP contribution < -0.4 is 10.1 Å². The first-order valence-corrected chi connectivity index (χ1v) is 5.74. The summed E-state index contributed by atoms with van der Waals surface area (Å²) in [4.78, 5) is 0. The first kappa shape index (κ1) is 7.83. The van der Waals surface area contributed by atoms with Crippen LogP contribution in [0.1, 0.15) is 18.4 Å². The molecular weight excluding hydrogens is 182 g/mol. The van der Waals surface area contributed by atoms with E-state index in [9.17, 15) is 0 Å². The van der Waals surface area contributed by atoms with E-state index in [2.05, 4.69) is 16.8 Å². The van der Waals surface area contributed by atoms with Gasteiger partial charge in [0.15, 0.2) is 5.06 Å². The molecule has 1 aromatic rings. The summed E-state index contributed by atoms with van der Waals surface area (Å²) in [5.41, 5.74) is 1.33. The van der Waals surface area contributed by atoms with Crippen molar-refractivity contribution in [2.24, 2.45) is 5.92 Å². The second-order valence-electron chi connectivity index (χ2n) is 3.87. The quantitative estimate of drug-likeness (QED) is 0.740. The van der Waals surface area contributed by atoms with Crippen LogP contribution in [0.3, 0.4) is 0 Å². The minimum absolute atomic E-state index is 0.597. The van der Waals surface area contributed by atoms with Gasteiger partial charge in [0.2, 0.25) is 0 Å². The van der Waals surface area contributed by atoms with Crippen LogP contribution >= 0.6 is 11.3 Å². The molecule has 2 aliphatic rings. The summed E-state index contributed by atoms with van der Waals surface area (Å²) >= 11 is 1.71. The predicted molar refractivity (Wildman–Crippen MR) is 53.2 cm³/mol. The van der Waals surface area contributed by atoms with Crippen molar-refractivity contribution in [3.8, 4) is 5.06 Å². The lowest BCUT2D eigenvalue weighted by atomic mass is 10.2. The number of hydrogen-bond donors (Lipinski definition) is 1. The standard InChI is InChI=1S/C10H13NOS/c1-2-7(1)9-6-12-10-8(5-11-9)3-4-13-10/h3-4,7,9,11H,1-2,5-6H2. The highest BCUT2D eigenvalue weighted by Gasteiger charge is 2.32. The van der Waals surface area contributed by atoms with Crippen LogP contribution in [-0.4, -0.2) is 12.6 Å². The van der Waals surface area contributed by atoms with E-state index >= 15 is 0 Å². The van der Waals surface area contributed by atoms with Gasteiger partial charge in [-0.1, -0.05) is 0 Å². The Labute approximate surface area is 81.9 Å². The van der Waals surface area contributed by atoms with Crippen LogP contribution in [0.25, 0.3) is 0 Å². The lowest BCUT2D eigenvalue weighted by Gasteiger charge is -2.13. The molecule has 13 heavy (non-hydrogen) atoms. The van der Waals surface area contributed by atoms with Crippen molar-refractivity contribution in [1.82, 2.24) is 5.32 Å². The Bertz CT molecular complexity index is 283. The van der Waals surface area contributed by atoms with E-state index in [1.165, 1.54) is 18.4 Å². The lowest BCUT2D eigenvalue weighted by Crippen LogP contribution is -2.33. The summed E-state index contributed by atoms with van der Waals surface area (Å²) < 4.78 is 5.76. The Balaban J connectivity index is 1.75. The third-order valence-electron chi connectivity index (χ3n) is 2.85. The Hall–Kier alpha value is -0.540. The fourth-order valence-corrected chi connectivity index (χ4v) is 2.63. The predicted octanol–water partition coefficient (Wildman–Crippen LogP) is 2.01. The van der Waals surface area contributed by atoms with Gasteiger partial charge in [-0.15, -0.1) is 11.3 Å².